The number of anilines is 1. The summed E-state index contributed by atoms with van der Waals surface area (Å²) in [7, 11) is 1.59. The van der Waals surface area contributed by atoms with E-state index >= 15 is 0 Å². The van der Waals surface area contributed by atoms with E-state index in [1.807, 2.05) is 66.7 Å². The second kappa shape index (κ2) is 10.9. The molecule has 1 unspecified atom stereocenters. The van der Waals surface area contributed by atoms with Crippen LogP contribution in [0.4, 0.5) is 5.69 Å². The predicted octanol–water partition coefficient (Wildman–Crippen LogP) is 7.44. The Morgan fingerprint density at radius 3 is 2.64 bits per heavy atom. The van der Waals surface area contributed by atoms with E-state index in [4.69, 9.17) is 21.1 Å². The largest absolute Gasteiger partial charge is 0.495 e. The topological polar surface area (TPSA) is 59.6 Å². The number of carbonyl (C=O) groups excluding carboxylic acids is 1. The first-order valence-corrected chi connectivity index (χ1v) is 13.2. The van der Waals surface area contributed by atoms with Crippen molar-refractivity contribution in [2.45, 2.75) is 12.1 Å². The molecule has 0 aliphatic carbocycles. The molecule has 0 aromatic heterocycles. The number of benzene rings is 4. The van der Waals surface area contributed by atoms with Gasteiger partial charge in [0.25, 0.3) is 5.91 Å². The molecule has 1 atom stereocenters. The molecule has 5 rings (SSSR count). The number of carbonyl (C=O) groups is 1. The maximum absolute atomic E-state index is 12.9. The highest BCUT2D eigenvalue weighted by Crippen LogP contribution is 2.37. The van der Waals surface area contributed by atoms with Gasteiger partial charge >= 0.3 is 0 Å². The lowest BCUT2D eigenvalue weighted by Crippen LogP contribution is -2.31. The first kappa shape index (κ1) is 24.6. The molecule has 36 heavy (non-hydrogen) atoms. The smallest absolute Gasteiger partial charge is 0.260 e. The van der Waals surface area contributed by atoms with Gasteiger partial charge in [-0.25, -0.2) is 0 Å². The molecule has 0 radical (unpaired) electrons. The van der Waals surface area contributed by atoms with Gasteiger partial charge < -0.3 is 20.1 Å². The molecule has 0 spiro atoms. The molecule has 1 saturated heterocycles. The van der Waals surface area contributed by atoms with E-state index < -0.39 is 0 Å². The highest BCUT2D eigenvalue weighted by atomic mass is 79.9. The zero-order valence-corrected chi connectivity index (χ0v) is 22.4. The Morgan fingerprint density at radius 2 is 1.83 bits per heavy atom. The Kier molecular flexibility index (Phi) is 7.41. The van der Waals surface area contributed by atoms with Crippen molar-refractivity contribution in [2.24, 2.45) is 0 Å². The van der Waals surface area contributed by atoms with Crippen LogP contribution < -0.4 is 20.1 Å². The molecule has 4 aromatic rings. The standard InChI is InChI=1S/C28H22BrClN2O3S/c1-34-25-13-11-20(30)14-23(25)31-28-32-27(33)26(36-28)15-22-21-5-3-2-4-18(21)8-12-24(22)35-16-17-6-9-19(29)10-7-17/h2-15,28,31H,16H2,1H3,(H,32,33)/b26-15-. The van der Waals surface area contributed by atoms with Crippen molar-refractivity contribution >= 4 is 67.7 Å². The van der Waals surface area contributed by atoms with Gasteiger partial charge in [0.05, 0.1) is 17.7 Å². The van der Waals surface area contributed by atoms with E-state index in [1.54, 1.807) is 25.3 Å². The number of methoxy groups -OCH3 is 1. The summed E-state index contributed by atoms with van der Waals surface area (Å²) in [4.78, 5) is 13.5. The summed E-state index contributed by atoms with van der Waals surface area (Å²) in [6.07, 6.45) is 1.90. The number of nitrogens with one attached hydrogen (secondary N) is 2. The van der Waals surface area contributed by atoms with Crippen LogP contribution in [0.5, 0.6) is 11.5 Å². The molecular weight excluding hydrogens is 560 g/mol. The molecule has 1 aliphatic heterocycles. The Balaban J connectivity index is 1.44. The Bertz CT molecular complexity index is 1460. The zero-order valence-electron chi connectivity index (χ0n) is 19.3. The predicted molar refractivity (Wildman–Crippen MR) is 152 cm³/mol. The van der Waals surface area contributed by atoms with Crippen molar-refractivity contribution < 1.29 is 14.3 Å². The molecule has 1 heterocycles. The molecule has 1 aliphatic rings. The van der Waals surface area contributed by atoms with E-state index in [-0.39, 0.29) is 11.4 Å². The van der Waals surface area contributed by atoms with Crippen LogP contribution in [0.2, 0.25) is 5.02 Å². The third kappa shape index (κ3) is 5.48. The van der Waals surface area contributed by atoms with Gasteiger partial charge in [0.2, 0.25) is 0 Å². The zero-order chi connectivity index (χ0) is 25.1. The van der Waals surface area contributed by atoms with Crippen molar-refractivity contribution in [2.75, 3.05) is 12.4 Å². The molecular formula is C28H22BrClN2O3S. The Hall–Kier alpha value is -3.13. The van der Waals surface area contributed by atoms with Crippen LogP contribution >= 0.6 is 39.3 Å². The van der Waals surface area contributed by atoms with Gasteiger partial charge in [0, 0.05) is 15.1 Å². The fourth-order valence-corrected chi connectivity index (χ4v) is 5.32. The van der Waals surface area contributed by atoms with Gasteiger partial charge in [-0.15, -0.1) is 0 Å². The van der Waals surface area contributed by atoms with E-state index in [0.717, 1.165) is 26.4 Å². The van der Waals surface area contributed by atoms with Crippen LogP contribution in [-0.2, 0) is 11.4 Å². The summed E-state index contributed by atoms with van der Waals surface area (Å²) in [6.45, 7) is 0.417. The summed E-state index contributed by atoms with van der Waals surface area (Å²) in [6, 6.07) is 25.4. The van der Waals surface area contributed by atoms with E-state index in [1.165, 1.54) is 11.8 Å². The van der Waals surface area contributed by atoms with Gasteiger partial charge in [-0.05, 0) is 58.8 Å². The van der Waals surface area contributed by atoms with E-state index in [2.05, 4.69) is 26.6 Å². The highest BCUT2D eigenvalue weighted by molar-refractivity contribution is 9.10. The number of halogens is 2. The molecule has 5 nitrogen and oxygen atoms in total. The highest BCUT2D eigenvalue weighted by Gasteiger charge is 2.28. The van der Waals surface area contributed by atoms with Gasteiger partial charge in [0.15, 0.2) is 5.50 Å². The molecule has 2 N–H and O–H groups in total. The SMILES string of the molecule is COc1ccc(Cl)cc1NC1NC(=O)/C(=C/c2c(OCc3ccc(Br)cc3)ccc3ccccc23)S1. The van der Waals surface area contributed by atoms with Gasteiger partial charge in [-0.3, -0.25) is 4.79 Å². The fraction of sp³-hybridized carbons (Fsp3) is 0.107. The molecule has 8 heteroatoms. The average molecular weight is 582 g/mol. The fourth-order valence-electron chi connectivity index (χ4n) is 3.92. The second-order valence-corrected chi connectivity index (χ2v) is 10.6. The first-order chi connectivity index (χ1) is 17.5. The lowest BCUT2D eigenvalue weighted by Gasteiger charge is -2.16. The number of hydrogen-bond donors (Lipinski definition) is 2. The number of fused-ring (bicyclic) bond motifs is 1. The lowest BCUT2D eigenvalue weighted by atomic mass is 10.0. The number of thioether (sulfide) groups is 1. The summed E-state index contributed by atoms with van der Waals surface area (Å²) in [5.74, 6) is 1.19. The quantitative estimate of drug-likeness (QED) is 0.222. The number of ether oxygens (including phenoxy) is 2. The molecule has 0 saturated carbocycles. The minimum atomic E-state index is -0.377. The van der Waals surface area contributed by atoms with Crippen molar-refractivity contribution in [1.29, 1.82) is 0 Å². The number of hydrogen-bond acceptors (Lipinski definition) is 5. The van der Waals surface area contributed by atoms with Crippen LogP contribution in [0, 0.1) is 0 Å². The third-order valence-corrected chi connectivity index (χ3v) is 7.48. The Labute approximate surface area is 227 Å². The van der Waals surface area contributed by atoms with Crippen molar-refractivity contribution in [1.82, 2.24) is 5.32 Å². The summed E-state index contributed by atoms with van der Waals surface area (Å²) in [5, 5.41) is 8.93. The van der Waals surface area contributed by atoms with Gasteiger partial charge in [-0.2, -0.15) is 0 Å². The lowest BCUT2D eigenvalue weighted by molar-refractivity contribution is -0.116. The van der Waals surface area contributed by atoms with E-state index in [9.17, 15) is 4.79 Å². The van der Waals surface area contributed by atoms with Crippen LogP contribution in [0.15, 0.2) is 88.2 Å². The van der Waals surface area contributed by atoms with Crippen LogP contribution in [0.1, 0.15) is 11.1 Å². The van der Waals surface area contributed by atoms with Gasteiger partial charge in [-0.1, -0.05) is 81.8 Å². The minimum Gasteiger partial charge on any atom is -0.495 e. The molecule has 0 bridgehead atoms. The average Bonchev–Trinajstić information content (AvgIpc) is 3.23. The molecule has 4 aromatic carbocycles. The summed E-state index contributed by atoms with van der Waals surface area (Å²) < 4.78 is 12.7. The summed E-state index contributed by atoms with van der Waals surface area (Å²) >= 11 is 11.0. The molecule has 1 amide bonds. The number of amides is 1. The van der Waals surface area contributed by atoms with Crippen molar-refractivity contribution in [3.05, 3.63) is 104 Å². The normalized spacial score (nSPS) is 16.2. The monoisotopic (exact) mass is 580 g/mol. The third-order valence-electron chi connectivity index (χ3n) is 5.69. The summed E-state index contributed by atoms with van der Waals surface area (Å²) in [5.41, 5.74) is 2.24. The first-order valence-electron chi connectivity index (χ1n) is 11.2. The van der Waals surface area contributed by atoms with Crippen molar-refractivity contribution in [3.63, 3.8) is 0 Å². The molecule has 182 valence electrons. The van der Waals surface area contributed by atoms with Crippen molar-refractivity contribution in [3.8, 4) is 11.5 Å². The minimum absolute atomic E-state index is 0.162. The van der Waals surface area contributed by atoms with Crippen LogP contribution in [0.3, 0.4) is 0 Å². The second-order valence-electron chi connectivity index (χ2n) is 8.08. The number of rotatable bonds is 7. The molecule has 1 fully saturated rings. The van der Waals surface area contributed by atoms with E-state index in [0.29, 0.717) is 33.7 Å². The van der Waals surface area contributed by atoms with Crippen LogP contribution in [0.25, 0.3) is 16.8 Å². The van der Waals surface area contributed by atoms with Crippen LogP contribution in [-0.4, -0.2) is 18.5 Å². The maximum atomic E-state index is 12.9. The Morgan fingerprint density at radius 1 is 1.06 bits per heavy atom. The maximum Gasteiger partial charge on any atom is 0.260 e. The van der Waals surface area contributed by atoms with Gasteiger partial charge in [0.1, 0.15) is 18.1 Å².